The number of piperidine rings is 1. The van der Waals surface area contributed by atoms with Crippen LogP contribution < -0.4 is 0 Å². The fourth-order valence-electron chi connectivity index (χ4n) is 3.29. The largest absolute Gasteiger partial charge is 0.299 e. The third-order valence-electron chi connectivity index (χ3n) is 4.39. The van der Waals surface area contributed by atoms with Gasteiger partial charge in [0, 0.05) is 18.6 Å². The van der Waals surface area contributed by atoms with Gasteiger partial charge in [0.25, 0.3) is 0 Å². The van der Waals surface area contributed by atoms with Crippen molar-refractivity contribution in [1.82, 2.24) is 9.80 Å². The van der Waals surface area contributed by atoms with Gasteiger partial charge in [-0.3, -0.25) is 9.80 Å². The second-order valence-electron chi connectivity index (χ2n) is 6.84. The summed E-state index contributed by atoms with van der Waals surface area (Å²) < 4.78 is 0. The Morgan fingerprint density at radius 1 is 0.909 bits per heavy atom. The summed E-state index contributed by atoms with van der Waals surface area (Å²) in [5.74, 6) is 0. The van der Waals surface area contributed by atoms with E-state index in [1.807, 2.05) is 0 Å². The molecule has 0 amide bonds. The van der Waals surface area contributed by atoms with Crippen LogP contribution in [0.2, 0.25) is 0 Å². The summed E-state index contributed by atoms with van der Waals surface area (Å²) in [7, 11) is 0. The van der Waals surface area contributed by atoms with Crippen LogP contribution >= 0.6 is 0 Å². The molecule has 1 aromatic carbocycles. The van der Waals surface area contributed by atoms with E-state index in [0.29, 0.717) is 12.1 Å². The molecular formula is C20H36N2. The van der Waals surface area contributed by atoms with E-state index in [0.717, 1.165) is 13.1 Å². The average molecular weight is 305 g/mol. The standard InChI is InChI=1S/C12H17N.C8H19N/c1-3-7-12(8-4-1)11-13-9-5-2-6-10-13;1-6-9(7(2)3)8(4)5/h1,3-4,7-8H,2,5-6,9-11H2;7-8H,6H2,1-5H3. The Balaban J connectivity index is 0.000000239. The van der Waals surface area contributed by atoms with Crippen molar-refractivity contribution < 1.29 is 0 Å². The second kappa shape index (κ2) is 10.8. The van der Waals surface area contributed by atoms with Crippen molar-refractivity contribution in [2.75, 3.05) is 19.6 Å². The van der Waals surface area contributed by atoms with Gasteiger partial charge in [-0.15, -0.1) is 0 Å². The van der Waals surface area contributed by atoms with Crippen LogP contribution in [0.1, 0.15) is 59.4 Å². The molecular weight excluding hydrogens is 268 g/mol. The molecule has 0 saturated carbocycles. The molecule has 22 heavy (non-hydrogen) atoms. The lowest BCUT2D eigenvalue weighted by Crippen LogP contribution is -2.36. The van der Waals surface area contributed by atoms with Crippen LogP contribution in [-0.4, -0.2) is 41.5 Å². The number of likely N-dealkylation sites (tertiary alicyclic amines) is 1. The Morgan fingerprint density at radius 3 is 1.86 bits per heavy atom. The number of hydrogen-bond acceptors (Lipinski definition) is 2. The minimum atomic E-state index is 0.690. The van der Waals surface area contributed by atoms with Gasteiger partial charge < -0.3 is 0 Å². The molecule has 0 aromatic heterocycles. The Labute approximate surface area is 138 Å². The molecule has 1 heterocycles. The molecule has 0 N–H and O–H groups in total. The van der Waals surface area contributed by atoms with Gasteiger partial charge in [0.05, 0.1) is 0 Å². The minimum absolute atomic E-state index is 0.690. The molecule has 1 aliphatic rings. The van der Waals surface area contributed by atoms with Crippen LogP contribution in [0.25, 0.3) is 0 Å². The zero-order valence-electron chi connectivity index (χ0n) is 15.4. The number of rotatable bonds is 5. The highest BCUT2D eigenvalue weighted by molar-refractivity contribution is 5.14. The van der Waals surface area contributed by atoms with Gasteiger partial charge in [-0.1, -0.05) is 43.7 Å². The molecule has 1 aliphatic heterocycles. The summed E-state index contributed by atoms with van der Waals surface area (Å²) in [5, 5.41) is 0. The monoisotopic (exact) mass is 304 g/mol. The fraction of sp³-hybridized carbons (Fsp3) is 0.700. The number of hydrogen-bond donors (Lipinski definition) is 0. The Hall–Kier alpha value is -0.860. The second-order valence-corrected chi connectivity index (χ2v) is 6.84. The van der Waals surface area contributed by atoms with Crippen LogP contribution in [0.5, 0.6) is 0 Å². The maximum Gasteiger partial charge on any atom is 0.0233 e. The summed E-state index contributed by atoms with van der Waals surface area (Å²) >= 11 is 0. The first-order chi connectivity index (χ1) is 10.5. The van der Waals surface area contributed by atoms with E-state index in [1.54, 1.807) is 0 Å². The fourth-order valence-corrected chi connectivity index (χ4v) is 3.29. The lowest BCUT2D eigenvalue weighted by molar-refractivity contribution is 0.185. The third kappa shape index (κ3) is 7.42. The maximum absolute atomic E-state index is 2.55. The van der Waals surface area contributed by atoms with Crippen LogP contribution in [0, 0.1) is 0 Å². The van der Waals surface area contributed by atoms with Crippen molar-refractivity contribution in [3.63, 3.8) is 0 Å². The van der Waals surface area contributed by atoms with E-state index in [2.05, 4.69) is 74.8 Å². The molecule has 0 radical (unpaired) electrons. The molecule has 1 fully saturated rings. The van der Waals surface area contributed by atoms with E-state index in [-0.39, 0.29) is 0 Å². The van der Waals surface area contributed by atoms with E-state index in [9.17, 15) is 0 Å². The normalized spacial score (nSPS) is 16.0. The van der Waals surface area contributed by atoms with Gasteiger partial charge in [0.2, 0.25) is 0 Å². The molecule has 2 nitrogen and oxygen atoms in total. The number of nitrogens with zero attached hydrogens (tertiary/aromatic N) is 2. The van der Waals surface area contributed by atoms with Gasteiger partial charge in [0.1, 0.15) is 0 Å². The van der Waals surface area contributed by atoms with Crippen LogP contribution in [0.15, 0.2) is 30.3 Å². The molecule has 2 rings (SSSR count). The summed E-state index contributed by atoms with van der Waals surface area (Å²) in [6.07, 6.45) is 4.19. The quantitative estimate of drug-likeness (QED) is 0.771. The molecule has 126 valence electrons. The first kappa shape index (κ1) is 19.2. The van der Waals surface area contributed by atoms with Crippen molar-refractivity contribution in [2.24, 2.45) is 0 Å². The van der Waals surface area contributed by atoms with Gasteiger partial charge in [-0.2, -0.15) is 0 Å². The maximum atomic E-state index is 2.55. The number of benzene rings is 1. The van der Waals surface area contributed by atoms with Gasteiger partial charge in [0.15, 0.2) is 0 Å². The summed E-state index contributed by atoms with van der Waals surface area (Å²) in [4.78, 5) is 5.01. The smallest absolute Gasteiger partial charge is 0.0233 e. The summed E-state index contributed by atoms with van der Waals surface area (Å²) in [6.45, 7) is 16.0. The van der Waals surface area contributed by atoms with Crippen molar-refractivity contribution >= 4 is 0 Å². The third-order valence-corrected chi connectivity index (χ3v) is 4.39. The lowest BCUT2D eigenvalue weighted by Gasteiger charge is -2.28. The first-order valence-corrected chi connectivity index (χ1v) is 9.06. The van der Waals surface area contributed by atoms with Gasteiger partial charge in [-0.25, -0.2) is 0 Å². The van der Waals surface area contributed by atoms with Crippen LogP contribution in [0.3, 0.4) is 0 Å². The summed E-state index contributed by atoms with van der Waals surface area (Å²) in [6, 6.07) is 12.1. The highest BCUT2D eigenvalue weighted by Gasteiger charge is 2.10. The van der Waals surface area contributed by atoms with Crippen molar-refractivity contribution in [3.8, 4) is 0 Å². The predicted octanol–water partition coefficient (Wildman–Crippen LogP) is 4.80. The van der Waals surface area contributed by atoms with Crippen molar-refractivity contribution in [2.45, 2.75) is 72.5 Å². The molecule has 0 atom stereocenters. The van der Waals surface area contributed by atoms with Crippen molar-refractivity contribution in [1.29, 1.82) is 0 Å². The van der Waals surface area contributed by atoms with Crippen LogP contribution in [-0.2, 0) is 6.54 Å². The Kier molecular flexibility index (Phi) is 9.42. The van der Waals surface area contributed by atoms with E-state index in [1.165, 1.54) is 37.9 Å². The molecule has 1 saturated heterocycles. The first-order valence-electron chi connectivity index (χ1n) is 9.06. The highest BCUT2D eigenvalue weighted by Crippen LogP contribution is 2.12. The topological polar surface area (TPSA) is 6.48 Å². The average Bonchev–Trinajstić information content (AvgIpc) is 2.50. The van der Waals surface area contributed by atoms with Crippen molar-refractivity contribution in [3.05, 3.63) is 35.9 Å². The lowest BCUT2D eigenvalue weighted by atomic mass is 10.1. The Bertz CT molecular complexity index is 359. The molecule has 0 bridgehead atoms. The zero-order chi connectivity index (χ0) is 16.4. The van der Waals surface area contributed by atoms with Crippen LogP contribution in [0.4, 0.5) is 0 Å². The van der Waals surface area contributed by atoms with E-state index < -0.39 is 0 Å². The predicted molar refractivity (Wildman–Crippen MR) is 98.2 cm³/mol. The molecule has 0 unspecified atom stereocenters. The molecule has 2 heteroatoms. The van der Waals surface area contributed by atoms with Gasteiger partial charge >= 0.3 is 0 Å². The SMILES string of the molecule is CCN(C(C)C)C(C)C.c1ccc(CN2CCCCC2)cc1. The molecule has 0 aliphatic carbocycles. The minimum Gasteiger partial charge on any atom is -0.299 e. The van der Waals surface area contributed by atoms with E-state index in [4.69, 9.17) is 0 Å². The zero-order valence-corrected chi connectivity index (χ0v) is 15.4. The van der Waals surface area contributed by atoms with Gasteiger partial charge in [-0.05, 0) is 65.7 Å². The molecule has 0 spiro atoms. The van der Waals surface area contributed by atoms with E-state index >= 15 is 0 Å². The highest BCUT2D eigenvalue weighted by atomic mass is 15.2. The Morgan fingerprint density at radius 2 is 1.45 bits per heavy atom. The summed E-state index contributed by atoms with van der Waals surface area (Å²) in [5.41, 5.74) is 1.45. The molecule has 1 aromatic rings.